The van der Waals surface area contributed by atoms with Crippen molar-refractivity contribution in [1.29, 1.82) is 0 Å². The molecular formula is C13H26ClNO. The number of hydrogen-bond donors (Lipinski definition) is 0. The molecule has 96 valence electrons. The third kappa shape index (κ3) is 5.51. The van der Waals surface area contributed by atoms with Crippen molar-refractivity contribution in [1.82, 2.24) is 4.90 Å². The van der Waals surface area contributed by atoms with Gasteiger partial charge in [-0.3, -0.25) is 4.90 Å². The summed E-state index contributed by atoms with van der Waals surface area (Å²) in [7, 11) is 0. The number of hydrogen-bond acceptors (Lipinski definition) is 2. The minimum atomic E-state index is -0.0161. The Bertz CT molecular complexity index is 187. The highest BCUT2D eigenvalue weighted by Crippen LogP contribution is 2.24. The lowest BCUT2D eigenvalue weighted by atomic mass is 9.91. The first kappa shape index (κ1) is 14.3. The van der Waals surface area contributed by atoms with Gasteiger partial charge in [0.05, 0.1) is 12.2 Å². The average Bonchev–Trinajstić information content (AvgIpc) is 2.08. The molecule has 1 aliphatic rings. The molecule has 1 rings (SSSR count). The Hall–Kier alpha value is 0.210. The van der Waals surface area contributed by atoms with Crippen LogP contribution < -0.4 is 0 Å². The Balaban J connectivity index is 2.21. The van der Waals surface area contributed by atoms with Gasteiger partial charge >= 0.3 is 0 Å². The summed E-state index contributed by atoms with van der Waals surface area (Å²) in [6.45, 7) is 9.35. The Morgan fingerprint density at radius 1 is 1.25 bits per heavy atom. The number of halogens is 1. The van der Waals surface area contributed by atoms with Gasteiger partial charge < -0.3 is 4.74 Å². The van der Waals surface area contributed by atoms with Crippen LogP contribution in [-0.4, -0.2) is 42.1 Å². The van der Waals surface area contributed by atoms with Gasteiger partial charge in [-0.2, -0.15) is 0 Å². The van der Waals surface area contributed by atoms with Gasteiger partial charge in [0.2, 0.25) is 0 Å². The number of rotatable bonds is 7. The van der Waals surface area contributed by atoms with Gasteiger partial charge in [0, 0.05) is 18.5 Å². The van der Waals surface area contributed by atoms with E-state index in [1.165, 1.54) is 19.3 Å². The monoisotopic (exact) mass is 247 g/mol. The molecular weight excluding hydrogens is 222 g/mol. The predicted molar refractivity (Wildman–Crippen MR) is 70.3 cm³/mol. The maximum atomic E-state index is 5.78. The topological polar surface area (TPSA) is 12.5 Å². The number of ether oxygens (including phenoxy) is 1. The molecule has 0 radical (unpaired) electrons. The summed E-state index contributed by atoms with van der Waals surface area (Å²) >= 11 is 5.76. The maximum absolute atomic E-state index is 5.78. The van der Waals surface area contributed by atoms with Gasteiger partial charge in [-0.25, -0.2) is 0 Å². The first-order valence-electron chi connectivity index (χ1n) is 6.47. The van der Waals surface area contributed by atoms with Crippen molar-refractivity contribution in [3.63, 3.8) is 0 Å². The Morgan fingerprint density at radius 3 is 2.38 bits per heavy atom. The van der Waals surface area contributed by atoms with Crippen LogP contribution in [0.3, 0.4) is 0 Å². The molecule has 2 nitrogen and oxygen atoms in total. The average molecular weight is 248 g/mol. The molecule has 0 aromatic heterocycles. The second kappa shape index (κ2) is 6.83. The molecule has 0 atom stereocenters. The highest BCUT2D eigenvalue weighted by molar-refractivity contribution is 6.17. The first-order chi connectivity index (χ1) is 7.53. The van der Waals surface area contributed by atoms with Crippen LogP contribution >= 0.6 is 11.6 Å². The van der Waals surface area contributed by atoms with Gasteiger partial charge in [0.25, 0.3) is 0 Å². The molecule has 1 fully saturated rings. The van der Waals surface area contributed by atoms with E-state index in [4.69, 9.17) is 16.3 Å². The molecule has 0 aliphatic heterocycles. The van der Waals surface area contributed by atoms with Crippen LogP contribution in [0.15, 0.2) is 0 Å². The standard InChI is InChI=1S/C13H26ClNO/c1-13(2,3)16-11-10-15(9-5-8-14)12-6-4-7-12/h12H,4-11H2,1-3H3. The largest absolute Gasteiger partial charge is 0.375 e. The molecule has 0 N–H and O–H groups in total. The summed E-state index contributed by atoms with van der Waals surface area (Å²) in [4.78, 5) is 2.55. The second-order valence-corrected chi connectivity index (χ2v) is 6.00. The SMILES string of the molecule is CC(C)(C)OCCN(CCCCl)C1CCC1. The quantitative estimate of drug-likeness (QED) is 0.641. The summed E-state index contributed by atoms with van der Waals surface area (Å²) in [5, 5.41) is 0. The van der Waals surface area contributed by atoms with Crippen molar-refractivity contribution >= 4 is 11.6 Å². The van der Waals surface area contributed by atoms with Crippen molar-refractivity contribution in [3.05, 3.63) is 0 Å². The third-order valence-corrected chi connectivity index (χ3v) is 3.35. The summed E-state index contributed by atoms with van der Waals surface area (Å²) in [5.41, 5.74) is -0.0161. The molecule has 1 saturated carbocycles. The van der Waals surface area contributed by atoms with E-state index in [-0.39, 0.29) is 5.60 Å². The van der Waals surface area contributed by atoms with Crippen LogP contribution in [0.2, 0.25) is 0 Å². The number of nitrogens with zero attached hydrogens (tertiary/aromatic N) is 1. The summed E-state index contributed by atoms with van der Waals surface area (Å²) in [5.74, 6) is 0.767. The molecule has 3 heteroatoms. The van der Waals surface area contributed by atoms with Crippen LogP contribution in [0.4, 0.5) is 0 Å². The van der Waals surface area contributed by atoms with E-state index in [0.717, 1.165) is 38.0 Å². The Kier molecular flexibility index (Phi) is 6.09. The van der Waals surface area contributed by atoms with E-state index in [9.17, 15) is 0 Å². The molecule has 0 bridgehead atoms. The van der Waals surface area contributed by atoms with Crippen LogP contribution in [-0.2, 0) is 4.74 Å². The lowest BCUT2D eigenvalue weighted by molar-refractivity contribution is -0.0224. The predicted octanol–water partition coefficient (Wildman–Crippen LogP) is 3.28. The zero-order valence-electron chi connectivity index (χ0n) is 11.0. The molecule has 0 aromatic rings. The van der Waals surface area contributed by atoms with Crippen LogP contribution in [0, 0.1) is 0 Å². The van der Waals surface area contributed by atoms with Crippen molar-refractivity contribution in [2.45, 2.75) is 58.1 Å². The molecule has 0 heterocycles. The molecule has 16 heavy (non-hydrogen) atoms. The van der Waals surface area contributed by atoms with Gasteiger partial charge in [0.15, 0.2) is 0 Å². The van der Waals surface area contributed by atoms with Crippen molar-refractivity contribution in [2.75, 3.05) is 25.6 Å². The second-order valence-electron chi connectivity index (χ2n) is 5.62. The van der Waals surface area contributed by atoms with Crippen molar-refractivity contribution in [2.24, 2.45) is 0 Å². The van der Waals surface area contributed by atoms with Crippen LogP contribution in [0.1, 0.15) is 46.5 Å². The Morgan fingerprint density at radius 2 is 1.94 bits per heavy atom. The summed E-state index contributed by atoms with van der Waals surface area (Å²) in [6.07, 6.45) is 5.20. The molecule has 1 aliphatic carbocycles. The molecule has 0 aromatic carbocycles. The fourth-order valence-corrected chi connectivity index (χ4v) is 2.08. The lowest BCUT2D eigenvalue weighted by Gasteiger charge is -2.38. The lowest BCUT2D eigenvalue weighted by Crippen LogP contribution is -2.43. The molecule has 0 amide bonds. The van der Waals surface area contributed by atoms with E-state index in [1.807, 2.05) is 0 Å². The maximum Gasteiger partial charge on any atom is 0.0600 e. The van der Waals surface area contributed by atoms with Gasteiger partial charge in [-0.15, -0.1) is 11.6 Å². The highest BCUT2D eigenvalue weighted by atomic mass is 35.5. The fourth-order valence-electron chi connectivity index (χ4n) is 1.96. The molecule has 0 saturated heterocycles. The number of alkyl halides is 1. The van der Waals surface area contributed by atoms with Crippen molar-refractivity contribution in [3.8, 4) is 0 Å². The zero-order valence-corrected chi connectivity index (χ0v) is 11.7. The summed E-state index contributed by atoms with van der Waals surface area (Å²) in [6, 6.07) is 0.798. The third-order valence-electron chi connectivity index (χ3n) is 3.08. The van der Waals surface area contributed by atoms with Crippen molar-refractivity contribution < 1.29 is 4.74 Å². The minimum Gasteiger partial charge on any atom is -0.375 e. The van der Waals surface area contributed by atoms with Crippen LogP contribution in [0.25, 0.3) is 0 Å². The van der Waals surface area contributed by atoms with E-state index in [2.05, 4.69) is 25.7 Å². The van der Waals surface area contributed by atoms with Gasteiger partial charge in [0.1, 0.15) is 0 Å². The molecule has 0 unspecified atom stereocenters. The summed E-state index contributed by atoms with van der Waals surface area (Å²) < 4.78 is 5.78. The van der Waals surface area contributed by atoms with Crippen LogP contribution in [0.5, 0.6) is 0 Å². The Labute approximate surface area is 105 Å². The van der Waals surface area contributed by atoms with Gasteiger partial charge in [-0.05, 0) is 46.6 Å². The van der Waals surface area contributed by atoms with E-state index in [0.29, 0.717) is 0 Å². The smallest absolute Gasteiger partial charge is 0.0600 e. The fraction of sp³-hybridized carbons (Fsp3) is 1.00. The normalized spacial score (nSPS) is 17.8. The van der Waals surface area contributed by atoms with E-state index < -0.39 is 0 Å². The van der Waals surface area contributed by atoms with E-state index in [1.54, 1.807) is 0 Å². The zero-order chi connectivity index (χ0) is 12.0. The first-order valence-corrected chi connectivity index (χ1v) is 7.00. The van der Waals surface area contributed by atoms with E-state index >= 15 is 0 Å². The minimum absolute atomic E-state index is 0.0161. The van der Waals surface area contributed by atoms with Gasteiger partial charge in [-0.1, -0.05) is 6.42 Å². The highest BCUT2D eigenvalue weighted by Gasteiger charge is 2.24. The molecule has 0 spiro atoms.